The zero-order chi connectivity index (χ0) is 18.4. The zero-order valence-electron chi connectivity index (χ0n) is 15.5. The number of nitrogens with zero attached hydrogens (tertiary/aromatic N) is 5. The van der Waals surface area contributed by atoms with E-state index < -0.39 is 0 Å². The van der Waals surface area contributed by atoms with Crippen LogP contribution in [0.1, 0.15) is 31.0 Å². The lowest BCUT2D eigenvalue weighted by Crippen LogP contribution is -2.23. The van der Waals surface area contributed by atoms with Crippen molar-refractivity contribution in [2.45, 2.75) is 32.2 Å². The molecule has 1 aromatic carbocycles. The second-order valence-corrected chi connectivity index (χ2v) is 7.52. The number of aromatic nitrogens is 3. The van der Waals surface area contributed by atoms with Crippen molar-refractivity contribution in [3.8, 4) is 0 Å². The van der Waals surface area contributed by atoms with Crippen molar-refractivity contribution in [3.05, 3.63) is 48.4 Å². The van der Waals surface area contributed by atoms with E-state index in [-0.39, 0.29) is 5.91 Å². The van der Waals surface area contributed by atoms with Crippen molar-refractivity contribution in [2.75, 3.05) is 29.4 Å². The van der Waals surface area contributed by atoms with Crippen LogP contribution < -0.4 is 9.80 Å². The Hall–Kier alpha value is -2.89. The maximum atomic E-state index is 12.0. The van der Waals surface area contributed by atoms with Gasteiger partial charge >= 0.3 is 0 Å². The van der Waals surface area contributed by atoms with Gasteiger partial charge in [0, 0.05) is 49.0 Å². The number of amides is 1. The lowest BCUT2D eigenvalue weighted by Gasteiger charge is -2.21. The molecule has 0 radical (unpaired) electrons. The van der Waals surface area contributed by atoms with E-state index in [4.69, 9.17) is 0 Å². The Morgan fingerprint density at radius 2 is 2.07 bits per heavy atom. The van der Waals surface area contributed by atoms with Crippen LogP contribution in [0.15, 0.2) is 42.7 Å². The Morgan fingerprint density at radius 3 is 2.93 bits per heavy atom. The molecule has 2 saturated heterocycles. The van der Waals surface area contributed by atoms with Crippen LogP contribution in [0, 0.1) is 6.92 Å². The third kappa shape index (κ3) is 2.85. The number of carbonyl (C=O) groups is 1. The molecule has 0 aliphatic carbocycles. The van der Waals surface area contributed by atoms with E-state index in [1.165, 1.54) is 11.1 Å². The first-order valence-electron chi connectivity index (χ1n) is 9.65. The van der Waals surface area contributed by atoms with Crippen molar-refractivity contribution >= 4 is 28.2 Å². The number of anilines is 2. The lowest BCUT2D eigenvalue weighted by molar-refractivity contribution is -0.117. The van der Waals surface area contributed by atoms with Crippen LogP contribution >= 0.6 is 0 Å². The van der Waals surface area contributed by atoms with E-state index in [1.807, 2.05) is 28.0 Å². The Labute approximate surface area is 158 Å². The van der Waals surface area contributed by atoms with Gasteiger partial charge in [0.05, 0.1) is 23.4 Å². The smallest absolute Gasteiger partial charge is 0.227 e. The topological polar surface area (TPSA) is 54.3 Å². The predicted octanol–water partition coefficient (Wildman–Crippen LogP) is 3.32. The van der Waals surface area contributed by atoms with Gasteiger partial charge in [0.25, 0.3) is 0 Å². The van der Waals surface area contributed by atoms with E-state index in [0.717, 1.165) is 49.4 Å². The summed E-state index contributed by atoms with van der Waals surface area (Å²) in [5, 5.41) is 5.77. The first-order chi connectivity index (χ1) is 13.2. The highest BCUT2D eigenvalue weighted by Gasteiger charge is 2.28. The van der Waals surface area contributed by atoms with Crippen LogP contribution in [-0.2, 0) is 4.79 Å². The van der Waals surface area contributed by atoms with Crippen molar-refractivity contribution < 1.29 is 4.79 Å². The molecule has 3 aromatic rings. The summed E-state index contributed by atoms with van der Waals surface area (Å²) in [6.45, 7) is 4.78. The summed E-state index contributed by atoms with van der Waals surface area (Å²) in [6.07, 6.45) is 6.50. The monoisotopic (exact) mass is 361 g/mol. The van der Waals surface area contributed by atoms with Crippen molar-refractivity contribution in [1.82, 2.24) is 14.8 Å². The van der Waals surface area contributed by atoms with Gasteiger partial charge < -0.3 is 9.80 Å². The number of aryl methyl sites for hydroxylation is 1. The Bertz CT molecular complexity index is 1010. The zero-order valence-corrected chi connectivity index (χ0v) is 15.5. The first-order valence-corrected chi connectivity index (χ1v) is 9.65. The molecule has 1 atom stereocenters. The van der Waals surface area contributed by atoms with E-state index in [2.05, 4.69) is 46.2 Å². The molecule has 2 aliphatic rings. The standard InChI is InChI=1S/C21H23N5O/c1-15-11-20(18-5-2-3-6-19(18)23-15)24-10-8-16(13-24)26-14-17(12-22-26)25-9-4-7-21(25)27/h2-3,5-6,11-12,14,16H,4,7-10,13H2,1H3. The Kier molecular flexibility index (Phi) is 3.85. The van der Waals surface area contributed by atoms with Crippen molar-refractivity contribution in [3.63, 3.8) is 0 Å². The lowest BCUT2D eigenvalue weighted by atomic mass is 10.1. The highest BCUT2D eigenvalue weighted by atomic mass is 16.2. The SMILES string of the molecule is Cc1cc(N2CCC(n3cc(N4CCCC4=O)cn3)C2)c2ccccc2n1. The molecular formula is C21H23N5O. The molecule has 0 spiro atoms. The minimum absolute atomic E-state index is 0.210. The summed E-state index contributed by atoms with van der Waals surface area (Å²) in [5.41, 5.74) is 4.27. The van der Waals surface area contributed by atoms with Gasteiger partial charge in [0.15, 0.2) is 0 Å². The fraction of sp³-hybridized carbons (Fsp3) is 0.381. The van der Waals surface area contributed by atoms with E-state index >= 15 is 0 Å². The molecule has 0 bridgehead atoms. The summed E-state index contributed by atoms with van der Waals surface area (Å²) >= 11 is 0. The fourth-order valence-electron chi connectivity index (χ4n) is 4.31. The predicted molar refractivity (Wildman–Crippen MR) is 106 cm³/mol. The Morgan fingerprint density at radius 1 is 1.19 bits per heavy atom. The molecule has 1 unspecified atom stereocenters. The number of hydrogen-bond donors (Lipinski definition) is 0. The van der Waals surface area contributed by atoms with Crippen LogP contribution in [0.3, 0.4) is 0 Å². The maximum absolute atomic E-state index is 12.0. The number of rotatable bonds is 3. The molecule has 138 valence electrons. The van der Waals surface area contributed by atoms with Crippen LogP contribution in [0.4, 0.5) is 11.4 Å². The van der Waals surface area contributed by atoms with Gasteiger partial charge in [-0.05, 0) is 31.9 Å². The minimum Gasteiger partial charge on any atom is -0.369 e. The van der Waals surface area contributed by atoms with E-state index in [9.17, 15) is 4.79 Å². The molecule has 27 heavy (non-hydrogen) atoms. The molecule has 6 heteroatoms. The first kappa shape index (κ1) is 16.3. The van der Waals surface area contributed by atoms with Gasteiger partial charge in [-0.15, -0.1) is 0 Å². The molecule has 0 saturated carbocycles. The second kappa shape index (κ2) is 6.37. The summed E-state index contributed by atoms with van der Waals surface area (Å²) in [6, 6.07) is 10.8. The summed E-state index contributed by atoms with van der Waals surface area (Å²) in [5.74, 6) is 0.210. The fourth-order valence-corrected chi connectivity index (χ4v) is 4.31. The van der Waals surface area contributed by atoms with Crippen molar-refractivity contribution in [1.29, 1.82) is 0 Å². The molecule has 2 fully saturated rings. The summed E-state index contributed by atoms with van der Waals surface area (Å²) in [7, 11) is 0. The molecule has 1 amide bonds. The van der Waals surface area contributed by atoms with Crippen LogP contribution in [0.25, 0.3) is 10.9 Å². The quantitative estimate of drug-likeness (QED) is 0.718. The van der Waals surface area contributed by atoms with Gasteiger partial charge in [-0.1, -0.05) is 18.2 Å². The number of benzene rings is 1. The average molecular weight is 361 g/mol. The van der Waals surface area contributed by atoms with Gasteiger partial charge in [-0.3, -0.25) is 14.5 Å². The molecule has 2 aliphatic heterocycles. The number of fused-ring (bicyclic) bond motifs is 1. The Balaban J connectivity index is 1.39. The van der Waals surface area contributed by atoms with E-state index in [0.29, 0.717) is 12.5 Å². The molecular weight excluding hydrogens is 338 g/mol. The molecule has 0 N–H and O–H groups in total. The second-order valence-electron chi connectivity index (χ2n) is 7.52. The molecule has 5 rings (SSSR count). The highest BCUT2D eigenvalue weighted by molar-refractivity contribution is 5.95. The largest absolute Gasteiger partial charge is 0.369 e. The van der Waals surface area contributed by atoms with Crippen LogP contribution in [0.5, 0.6) is 0 Å². The number of pyridine rings is 1. The number of carbonyl (C=O) groups excluding carboxylic acids is 1. The molecule has 6 nitrogen and oxygen atoms in total. The van der Waals surface area contributed by atoms with Crippen molar-refractivity contribution in [2.24, 2.45) is 0 Å². The van der Waals surface area contributed by atoms with Gasteiger partial charge in [0.1, 0.15) is 0 Å². The van der Waals surface area contributed by atoms with Gasteiger partial charge in [-0.2, -0.15) is 5.10 Å². The third-order valence-corrected chi connectivity index (χ3v) is 5.67. The highest BCUT2D eigenvalue weighted by Crippen LogP contribution is 2.33. The minimum atomic E-state index is 0.210. The molecule has 2 aromatic heterocycles. The number of hydrogen-bond acceptors (Lipinski definition) is 4. The third-order valence-electron chi connectivity index (χ3n) is 5.67. The molecule has 4 heterocycles. The number of para-hydroxylation sites is 1. The van der Waals surface area contributed by atoms with Gasteiger partial charge in [0.2, 0.25) is 5.91 Å². The van der Waals surface area contributed by atoms with Crippen LogP contribution in [-0.4, -0.2) is 40.3 Å². The summed E-state index contributed by atoms with van der Waals surface area (Å²) in [4.78, 5) is 20.9. The normalized spacial score (nSPS) is 20.2. The maximum Gasteiger partial charge on any atom is 0.227 e. The average Bonchev–Trinajstić information content (AvgIpc) is 3.40. The van der Waals surface area contributed by atoms with E-state index in [1.54, 1.807) is 0 Å². The van der Waals surface area contributed by atoms with Gasteiger partial charge in [-0.25, -0.2) is 0 Å². The summed E-state index contributed by atoms with van der Waals surface area (Å²) < 4.78 is 2.04. The van der Waals surface area contributed by atoms with Crippen LogP contribution in [0.2, 0.25) is 0 Å².